The largest absolute Gasteiger partial charge is 0.337 e. The molecule has 6 heteroatoms. The van der Waals surface area contributed by atoms with Gasteiger partial charge in [-0.25, -0.2) is 0 Å². The number of para-hydroxylation sites is 1. The van der Waals surface area contributed by atoms with E-state index in [0.717, 1.165) is 52.4 Å². The first-order chi connectivity index (χ1) is 14.0. The Morgan fingerprint density at radius 1 is 1.03 bits per heavy atom. The predicted molar refractivity (Wildman–Crippen MR) is 120 cm³/mol. The topological polar surface area (TPSA) is 54.3 Å². The molecular formula is C23H25N3O2S. The van der Waals surface area contributed by atoms with E-state index in [-0.39, 0.29) is 18.4 Å². The average molecular weight is 408 g/mol. The summed E-state index contributed by atoms with van der Waals surface area (Å²) in [5, 5.41) is 4.13. The third kappa shape index (κ3) is 4.17. The summed E-state index contributed by atoms with van der Waals surface area (Å²) in [6, 6.07) is 15.7. The van der Waals surface area contributed by atoms with Crippen molar-refractivity contribution in [3.63, 3.8) is 0 Å². The molecule has 2 aromatic carbocycles. The number of anilines is 1. The molecule has 150 valence electrons. The Kier molecular flexibility index (Phi) is 5.62. The van der Waals surface area contributed by atoms with Crippen molar-refractivity contribution in [2.24, 2.45) is 0 Å². The first-order valence-electron chi connectivity index (χ1n) is 9.85. The molecule has 0 atom stereocenters. The zero-order valence-corrected chi connectivity index (χ0v) is 17.6. The molecule has 1 fully saturated rings. The summed E-state index contributed by atoms with van der Waals surface area (Å²) < 4.78 is 2.02. The van der Waals surface area contributed by atoms with Gasteiger partial charge in [-0.05, 0) is 55.1 Å². The molecule has 1 N–H and O–H groups in total. The lowest BCUT2D eigenvalue weighted by molar-refractivity contribution is -0.116. The van der Waals surface area contributed by atoms with Gasteiger partial charge in [0, 0.05) is 47.1 Å². The number of rotatable bonds is 4. The summed E-state index contributed by atoms with van der Waals surface area (Å²) >= 11 is 1.88. The van der Waals surface area contributed by atoms with Crippen LogP contribution in [0.25, 0.3) is 10.9 Å². The molecular weight excluding hydrogens is 382 g/mol. The van der Waals surface area contributed by atoms with E-state index in [9.17, 15) is 9.59 Å². The fourth-order valence-corrected chi connectivity index (χ4v) is 4.68. The van der Waals surface area contributed by atoms with Gasteiger partial charge in [-0.2, -0.15) is 11.8 Å². The minimum Gasteiger partial charge on any atom is -0.337 e. The summed E-state index contributed by atoms with van der Waals surface area (Å²) in [6.45, 7) is 5.79. The van der Waals surface area contributed by atoms with Crippen LogP contribution in [0.2, 0.25) is 0 Å². The van der Waals surface area contributed by atoms with Crippen molar-refractivity contribution in [3.8, 4) is 0 Å². The number of hydrogen-bond acceptors (Lipinski definition) is 3. The molecule has 2 amide bonds. The molecule has 0 bridgehead atoms. The van der Waals surface area contributed by atoms with Gasteiger partial charge in [0.25, 0.3) is 5.91 Å². The van der Waals surface area contributed by atoms with E-state index in [1.54, 1.807) is 0 Å². The Morgan fingerprint density at radius 3 is 2.55 bits per heavy atom. The molecule has 2 heterocycles. The highest BCUT2D eigenvalue weighted by atomic mass is 32.2. The fraction of sp³-hybridized carbons (Fsp3) is 0.304. The van der Waals surface area contributed by atoms with Gasteiger partial charge < -0.3 is 14.8 Å². The maximum absolute atomic E-state index is 12.7. The average Bonchev–Trinajstić information content (AvgIpc) is 3.05. The maximum Gasteiger partial charge on any atom is 0.253 e. The van der Waals surface area contributed by atoms with Crippen molar-refractivity contribution in [1.29, 1.82) is 0 Å². The quantitative estimate of drug-likeness (QED) is 0.709. The molecule has 1 saturated heterocycles. The maximum atomic E-state index is 12.7. The van der Waals surface area contributed by atoms with Gasteiger partial charge in [-0.1, -0.05) is 18.2 Å². The monoisotopic (exact) mass is 407 g/mol. The standard InChI is InChI=1S/C23H25N3O2S/c1-16-13-19(23(28)25-9-11-29-12-10-25)7-8-20(16)24-22(27)15-26-17(2)14-18-5-3-4-6-21(18)26/h3-8,13-14H,9-12,15H2,1-2H3,(H,24,27). The van der Waals surface area contributed by atoms with Gasteiger partial charge >= 0.3 is 0 Å². The normalized spacial score (nSPS) is 14.2. The van der Waals surface area contributed by atoms with Crippen LogP contribution < -0.4 is 5.32 Å². The molecule has 5 nitrogen and oxygen atoms in total. The Labute approximate surface area is 175 Å². The Bertz CT molecular complexity index is 1070. The second-order valence-electron chi connectivity index (χ2n) is 7.41. The van der Waals surface area contributed by atoms with Crippen molar-refractivity contribution in [1.82, 2.24) is 9.47 Å². The molecule has 1 aliphatic heterocycles. The van der Waals surface area contributed by atoms with Gasteiger partial charge in [0.1, 0.15) is 6.54 Å². The number of carbonyl (C=O) groups excluding carboxylic acids is 2. The molecule has 0 aliphatic carbocycles. The number of amides is 2. The lowest BCUT2D eigenvalue weighted by Gasteiger charge is -2.26. The zero-order valence-electron chi connectivity index (χ0n) is 16.8. The van der Waals surface area contributed by atoms with Crippen molar-refractivity contribution >= 4 is 40.2 Å². The smallest absolute Gasteiger partial charge is 0.253 e. The molecule has 0 spiro atoms. The van der Waals surface area contributed by atoms with Crippen LogP contribution in [0, 0.1) is 13.8 Å². The number of nitrogens with one attached hydrogen (secondary N) is 1. The number of aryl methyl sites for hydroxylation is 2. The van der Waals surface area contributed by atoms with Crippen molar-refractivity contribution < 1.29 is 9.59 Å². The summed E-state index contributed by atoms with van der Waals surface area (Å²) in [6.07, 6.45) is 0. The molecule has 3 aromatic rings. The summed E-state index contributed by atoms with van der Waals surface area (Å²) in [7, 11) is 0. The van der Waals surface area contributed by atoms with E-state index in [1.807, 2.05) is 71.5 Å². The van der Waals surface area contributed by atoms with E-state index in [4.69, 9.17) is 0 Å². The highest BCUT2D eigenvalue weighted by molar-refractivity contribution is 7.99. The van der Waals surface area contributed by atoms with Crippen LogP contribution in [0.15, 0.2) is 48.5 Å². The summed E-state index contributed by atoms with van der Waals surface area (Å²) in [5.41, 5.74) is 4.43. The molecule has 4 rings (SSSR count). The minimum absolute atomic E-state index is 0.0701. The number of nitrogens with zero attached hydrogens (tertiary/aromatic N) is 2. The highest BCUT2D eigenvalue weighted by Gasteiger charge is 2.19. The predicted octanol–water partition coefficient (Wildman–Crippen LogP) is 4.09. The number of aromatic nitrogens is 1. The number of hydrogen-bond donors (Lipinski definition) is 1. The minimum atomic E-state index is -0.0790. The SMILES string of the molecule is Cc1cc(C(=O)N2CCSCC2)ccc1NC(=O)Cn1c(C)cc2ccccc21. The molecule has 0 radical (unpaired) electrons. The Balaban J connectivity index is 1.47. The van der Waals surface area contributed by atoms with E-state index >= 15 is 0 Å². The van der Waals surface area contributed by atoms with Gasteiger partial charge in [0.2, 0.25) is 5.91 Å². The Hall–Kier alpha value is -2.73. The first kappa shape index (κ1) is 19.6. The lowest BCUT2D eigenvalue weighted by atomic mass is 10.1. The van der Waals surface area contributed by atoms with Crippen molar-refractivity contribution in [2.75, 3.05) is 29.9 Å². The molecule has 1 aromatic heterocycles. The fourth-order valence-electron chi connectivity index (χ4n) is 3.78. The molecule has 29 heavy (non-hydrogen) atoms. The lowest BCUT2D eigenvalue weighted by Crippen LogP contribution is -2.37. The molecule has 0 saturated carbocycles. The zero-order chi connectivity index (χ0) is 20.4. The van der Waals surface area contributed by atoms with Crippen LogP contribution in [0.5, 0.6) is 0 Å². The number of thioether (sulfide) groups is 1. The van der Waals surface area contributed by atoms with Crippen LogP contribution >= 0.6 is 11.8 Å². The van der Waals surface area contributed by atoms with Crippen molar-refractivity contribution in [3.05, 3.63) is 65.4 Å². The highest BCUT2D eigenvalue weighted by Crippen LogP contribution is 2.21. The van der Waals surface area contributed by atoms with Gasteiger partial charge in [-0.3, -0.25) is 9.59 Å². The van der Waals surface area contributed by atoms with Crippen LogP contribution in [0.4, 0.5) is 5.69 Å². The van der Waals surface area contributed by atoms with Crippen molar-refractivity contribution in [2.45, 2.75) is 20.4 Å². The van der Waals surface area contributed by atoms with Gasteiger partial charge in [0.05, 0.1) is 0 Å². The van der Waals surface area contributed by atoms with Crippen LogP contribution in [-0.2, 0) is 11.3 Å². The number of benzene rings is 2. The number of carbonyl (C=O) groups is 2. The first-order valence-corrected chi connectivity index (χ1v) is 11.0. The van der Waals surface area contributed by atoms with Crippen LogP contribution in [0.3, 0.4) is 0 Å². The molecule has 1 aliphatic rings. The van der Waals surface area contributed by atoms with Gasteiger partial charge in [-0.15, -0.1) is 0 Å². The van der Waals surface area contributed by atoms with E-state index < -0.39 is 0 Å². The second kappa shape index (κ2) is 8.33. The van der Waals surface area contributed by atoms with E-state index in [0.29, 0.717) is 5.56 Å². The number of fused-ring (bicyclic) bond motifs is 1. The van der Waals surface area contributed by atoms with Crippen LogP contribution in [0.1, 0.15) is 21.6 Å². The van der Waals surface area contributed by atoms with Gasteiger partial charge in [0.15, 0.2) is 0 Å². The van der Waals surface area contributed by atoms with E-state index in [1.165, 1.54) is 0 Å². The Morgan fingerprint density at radius 2 is 1.79 bits per heavy atom. The summed E-state index contributed by atoms with van der Waals surface area (Å²) in [5.74, 6) is 1.98. The molecule has 0 unspecified atom stereocenters. The third-order valence-electron chi connectivity index (χ3n) is 5.37. The summed E-state index contributed by atoms with van der Waals surface area (Å²) in [4.78, 5) is 27.3. The second-order valence-corrected chi connectivity index (χ2v) is 8.64. The van der Waals surface area contributed by atoms with Crippen LogP contribution in [-0.4, -0.2) is 45.9 Å². The third-order valence-corrected chi connectivity index (χ3v) is 6.31. The van der Waals surface area contributed by atoms with E-state index in [2.05, 4.69) is 17.4 Å².